The first-order valence-corrected chi connectivity index (χ1v) is 15.9. The van der Waals surface area contributed by atoms with Crippen molar-refractivity contribution in [2.75, 3.05) is 0 Å². The van der Waals surface area contributed by atoms with E-state index in [9.17, 15) is 4.11 Å². The SMILES string of the molecule is [2H]c1c([2H])c([2H])c(-n2c3c([2H])c([2H])c([2H])c([2H])c3c3c(-c4nc(-c5ccc(-c6ccccc6)cc5)cc(-c5cccc6c5oc5ccccc56)n4)c([2H])c([2H])c([2H])c32)c([2H])c1[2H]. The van der Waals surface area contributed by atoms with Gasteiger partial charge >= 0.3 is 0 Å². The topological polar surface area (TPSA) is 43.9 Å². The van der Waals surface area contributed by atoms with Gasteiger partial charge < -0.3 is 8.98 Å². The Kier molecular flexibility index (Phi) is 4.27. The lowest BCUT2D eigenvalue weighted by atomic mass is 10.0. The third-order valence-corrected chi connectivity index (χ3v) is 8.85. The van der Waals surface area contributed by atoms with Gasteiger partial charge in [0.05, 0.1) is 38.9 Å². The third-order valence-electron chi connectivity index (χ3n) is 8.85. The van der Waals surface area contributed by atoms with Gasteiger partial charge in [-0.3, -0.25) is 0 Å². The number of furan rings is 1. The van der Waals surface area contributed by atoms with E-state index >= 15 is 0 Å². The quantitative estimate of drug-likeness (QED) is 0.186. The van der Waals surface area contributed by atoms with Gasteiger partial charge in [-0.2, -0.15) is 0 Å². The predicted molar refractivity (Wildman–Crippen MR) is 205 cm³/mol. The second-order valence-electron chi connectivity index (χ2n) is 11.7. The molecule has 4 nitrogen and oxygen atoms in total. The number of aromatic nitrogens is 3. The van der Waals surface area contributed by atoms with Crippen molar-refractivity contribution in [3.8, 4) is 50.7 Å². The molecule has 0 bridgehead atoms. The van der Waals surface area contributed by atoms with Crippen LogP contribution in [0.25, 0.3) is 94.5 Å². The van der Waals surface area contributed by atoms with Crippen molar-refractivity contribution in [1.82, 2.24) is 14.5 Å². The smallest absolute Gasteiger partial charge is 0.161 e. The predicted octanol–water partition coefficient (Wildman–Crippen LogP) is 12.1. The van der Waals surface area contributed by atoms with Crippen molar-refractivity contribution in [3.63, 3.8) is 0 Å². The van der Waals surface area contributed by atoms with E-state index in [0.717, 1.165) is 26.5 Å². The number of fused-ring (bicyclic) bond motifs is 6. The van der Waals surface area contributed by atoms with Gasteiger partial charge in [0.2, 0.25) is 0 Å². The summed E-state index contributed by atoms with van der Waals surface area (Å²) in [6.45, 7) is 0. The van der Waals surface area contributed by atoms with Crippen LogP contribution >= 0.6 is 0 Å². The second-order valence-corrected chi connectivity index (χ2v) is 11.7. The lowest BCUT2D eigenvalue weighted by molar-refractivity contribution is 0.670. The Labute approximate surface area is 305 Å². The molecule has 0 aliphatic carbocycles. The average Bonchev–Trinajstić information content (AvgIpc) is 3.85. The summed E-state index contributed by atoms with van der Waals surface area (Å²) in [5.41, 5.74) is 3.82. The van der Waals surface area contributed by atoms with Crippen molar-refractivity contribution in [3.05, 3.63) is 176 Å². The molecular weight excluding hydrogens is 611 g/mol. The third kappa shape index (κ3) is 4.54. The fourth-order valence-corrected chi connectivity index (χ4v) is 6.58. The molecule has 0 radical (unpaired) electrons. The van der Waals surface area contributed by atoms with Crippen LogP contribution in [0.4, 0.5) is 0 Å². The van der Waals surface area contributed by atoms with Crippen LogP contribution in [-0.2, 0) is 0 Å². The number of nitrogens with zero attached hydrogens (tertiary/aromatic N) is 3. The summed E-state index contributed by atoms with van der Waals surface area (Å²) in [4.78, 5) is 10.0. The number of rotatable bonds is 5. The highest BCUT2D eigenvalue weighted by atomic mass is 16.3. The second kappa shape index (κ2) is 11.4. The molecule has 10 aromatic rings. The van der Waals surface area contributed by atoms with Crippen LogP contribution in [0.2, 0.25) is 0 Å². The minimum Gasteiger partial charge on any atom is -0.455 e. The first-order chi connectivity index (χ1) is 29.8. The maximum atomic E-state index is 9.46. The van der Waals surface area contributed by atoms with Gasteiger partial charge in [0.1, 0.15) is 11.2 Å². The van der Waals surface area contributed by atoms with Gasteiger partial charge in [0.25, 0.3) is 0 Å². The summed E-state index contributed by atoms with van der Waals surface area (Å²) < 4.78 is 114. The van der Waals surface area contributed by atoms with Crippen LogP contribution in [0, 0.1) is 0 Å². The normalized spacial score (nSPS) is 15.0. The maximum absolute atomic E-state index is 9.46. The minimum absolute atomic E-state index is 0.130. The van der Waals surface area contributed by atoms with Gasteiger partial charge in [-0.15, -0.1) is 0 Å². The van der Waals surface area contributed by atoms with Crippen molar-refractivity contribution >= 4 is 43.7 Å². The van der Waals surface area contributed by atoms with Crippen molar-refractivity contribution in [2.24, 2.45) is 0 Å². The molecule has 10 rings (SSSR count). The van der Waals surface area contributed by atoms with Gasteiger partial charge in [-0.05, 0) is 53.5 Å². The molecule has 0 amide bonds. The Morgan fingerprint density at radius 2 is 1.20 bits per heavy atom. The van der Waals surface area contributed by atoms with E-state index in [-0.39, 0.29) is 33.2 Å². The van der Waals surface area contributed by atoms with E-state index in [2.05, 4.69) is 0 Å². The molecule has 4 heteroatoms. The molecule has 0 saturated heterocycles. The van der Waals surface area contributed by atoms with E-state index in [4.69, 9.17) is 26.7 Å². The molecule has 0 aliphatic rings. The zero-order valence-electron chi connectivity index (χ0n) is 38.1. The van der Waals surface area contributed by atoms with E-state index in [1.807, 2.05) is 97.1 Å². The molecule has 3 aromatic heterocycles. The molecule has 0 saturated carbocycles. The standard InChI is InChI=1S/C46H29N3O/c1-3-13-30(14-4-1)31-25-27-32(28-26-31)39-29-40(36-20-11-19-35-34-17-8-10-24-43(34)50-45(35)36)48-46(47-39)38-21-12-23-42-44(38)37-18-7-9-22-41(37)49(42)33-15-5-2-6-16-33/h1-29H/i2D,5D,6D,7D,9D,12D,15D,16D,18D,21D,22D,23D. The number of benzene rings is 7. The Balaban J connectivity index is 1.36. The van der Waals surface area contributed by atoms with Crippen LogP contribution < -0.4 is 0 Å². The average molecular weight is 652 g/mol. The summed E-state index contributed by atoms with van der Waals surface area (Å²) in [5, 5.41) is 1.36. The summed E-state index contributed by atoms with van der Waals surface area (Å²) in [6.07, 6.45) is 0. The van der Waals surface area contributed by atoms with E-state index < -0.39 is 78.2 Å². The van der Waals surface area contributed by atoms with Crippen LogP contribution in [0.1, 0.15) is 16.4 Å². The maximum Gasteiger partial charge on any atom is 0.161 e. The van der Waals surface area contributed by atoms with Crippen LogP contribution in [0.3, 0.4) is 0 Å². The van der Waals surface area contributed by atoms with Gasteiger partial charge in [0, 0.05) is 43.9 Å². The molecule has 0 unspecified atom stereocenters. The van der Waals surface area contributed by atoms with E-state index in [1.165, 1.54) is 0 Å². The molecule has 0 spiro atoms. The Morgan fingerprint density at radius 1 is 0.500 bits per heavy atom. The van der Waals surface area contributed by atoms with Crippen molar-refractivity contribution in [1.29, 1.82) is 0 Å². The number of hydrogen-bond acceptors (Lipinski definition) is 3. The summed E-state index contributed by atoms with van der Waals surface area (Å²) in [7, 11) is 0. The molecule has 234 valence electrons. The Morgan fingerprint density at radius 3 is 2.08 bits per heavy atom. The summed E-state index contributed by atoms with van der Waals surface area (Å²) >= 11 is 0. The molecule has 0 fully saturated rings. The summed E-state index contributed by atoms with van der Waals surface area (Å²) in [6, 6.07) is 24.6. The highest BCUT2D eigenvalue weighted by Gasteiger charge is 2.20. The zero-order chi connectivity index (χ0) is 43.5. The molecule has 0 aliphatic heterocycles. The van der Waals surface area contributed by atoms with Gasteiger partial charge in [0.15, 0.2) is 5.82 Å². The monoisotopic (exact) mass is 651 g/mol. The van der Waals surface area contributed by atoms with Gasteiger partial charge in [-0.1, -0.05) is 133 Å². The molecule has 7 aromatic carbocycles. The number of hydrogen-bond donors (Lipinski definition) is 0. The van der Waals surface area contributed by atoms with Crippen molar-refractivity contribution in [2.45, 2.75) is 0 Å². The Bertz CT molecular complexity index is 3520. The summed E-state index contributed by atoms with van der Waals surface area (Å²) in [5.74, 6) is -0.131. The van der Waals surface area contributed by atoms with E-state index in [0.29, 0.717) is 33.7 Å². The lowest BCUT2D eigenvalue weighted by Crippen LogP contribution is -1.97. The largest absolute Gasteiger partial charge is 0.455 e. The fourth-order valence-electron chi connectivity index (χ4n) is 6.58. The molecule has 0 atom stereocenters. The highest BCUT2D eigenvalue weighted by Crippen LogP contribution is 2.40. The van der Waals surface area contributed by atoms with Crippen LogP contribution in [0.5, 0.6) is 0 Å². The number of para-hydroxylation sites is 4. The molecule has 50 heavy (non-hydrogen) atoms. The minimum atomic E-state index is -0.717. The van der Waals surface area contributed by atoms with Crippen LogP contribution in [0.15, 0.2) is 180 Å². The molecule has 0 N–H and O–H groups in total. The first-order valence-electron chi connectivity index (χ1n) is 21.9. The molecular formula is C46H29N3O. The first kappa shape index (κ1) is 18.7. The zero-order valence-corrected chi connectivity index (χ0v) is 26.1. The Hall–Kier alpha value is -6.78. The van der Waals surface area contributed by atoms with E-state index in [1.54, 1.807) is 6.07 Å². The van der Waals surface area contributed by atoms with Crippen molar-refractivity contribution < 1.29 is 20.9 Å². The lowest BCUT2D eigenvalue weighted by Gasteiger charge is -2.12. The van der Waals surface area contributed by atoms with Crippen LogP contribution in [-0.4, -0.2) is 14.5 Å². The fraction of sp³-hybridized carbons (Fsp3) is 0. The van der Waals surface area contributed by atoms with Gasteiger partial charge in [-0.25, -0.2) is 9.97 Å². The molecule has 3 heterocycles. The highest BCUT2D eigenvalue weighted by molar-refractivity contribution is 6.15.